The molecule has 1 aromatic carbocycles. The van der Waals surface area contributed by atoms with E-state index in [1.165, 1.54) is 17.7 Å². The van der Waals surface area contributed by atoms with Crippen molar-refractivity contribution in [2.24, 2.45) is 0 Å². The van der Waals surface area contributed by atoms with Gasteiger partial charge in [0.2, 0.25) is 0 Å². The molecule has 0 saturated heterocycles. The van der Waals surface area contributed by atoms with Gasteiger partial charge in [0.1, 0.15) is 0 Å². The maximum absolute atomic E-state index is 12.2. The number of aryl methyl sites for hydroxylation is 2. The van der Waals surface area contributed by atoms with Crippen molar-refractivity contribution in [1.29, 1.82) is 0 Å². The molecule has 0 atom stereocenters. The van der Waals surface area contributed by atoms with Gasteiger partial charge in [0.05, 0.1) is 5.69 Å². The third-order valence-electron chi connectivity index (χ3n) is 3.32. The van der Waals surface area contributed by atoms with Crippen LogP contribution in [-0.2, 0) is 12.8 Å². The second-order valence-corrected chi connectivity index (χ2v) is 6.72. The van der Waals surface area contributed by atoms with Crippen LogP contribution in [0.1, 0.15) is 33.8 Å². The highest BCUT2D eigenvalue weighted by Gasteiger charge is 2.17. The summed E-state index contributed by atoms with van der Waals surface area (Å²) in [5.41, 5.74) is 8.03. The monoisotopic (exact) mass is 351 g/mol. The molecule has 2 aromatic rings. The Morgan fingerprint density at radius 1 is 1.35 bits per heavy atom. The Labute approximate surface area is 129 Å². The Balaban J connectivity index is 1.78. The largest absolute Gasteiger partial charge is 0.398 e. The highest BCUT2D eigenvalue weighted by molar-refractivity contribution is 9.10. The van der Waals surface area contributed by atoms with Crippen LogP contribution >= 0.6 is 27.3 Å². The molecule has 1 aromatic heterocycles. The van der Waals surface area contributed by atoms with E-state index < -0.39 is 0 Å². The van der Waals surface area contributed by atoms with Gasteiger partial charge in [0, 0.05) is 20.6 Å². The minimum atomic E-state index is -0.171. The summed E-state index contributed by atoms with van der Waals surface area (Å²) in [5.74, 6) is -0.171. The molecule has 1 aliphatic carbocycles. The van der Waals surface area contributed by atoms with Crippen LogP contribution in [0.3, 0.4) is 0 Å². The third kappa shape index (κ3) is 2.71. The molecule has 0 unspecified atom stereocenters. The number of aromatic nitrogens is 1. The summed E-state index contributed by atoms with van der Waals surface area (Å²) in [6, 6.07) is 5.17. The molecule has 1 heterocycles. The van der Waals surface area contributed by atoms with Gasteiger partial charge in [-0.25, -0.2) is 4.98 Å². The highest BCUT2D eigenvalue weighted by atomic mass is 79.9. The SMILES string of the molecule is Nc1cc(C(=O)Nc2nc3c(s2)CCCC3)ccc1Br. The second-order valence-electron chi connectivity index (χ2n) is 4.79. The first kappa shape index (κ1) is 13.6. The molecule has 0 saturated carbocycles. The van der Waals surface area contributed by atoms with Crippen LogP contribution in [0.15, 0.2) is 22.7 Å². The molecule has 0 aliphatic heterocycles. The van der Waals surface area contributed by atoms with Crippen LogP contribution in [0.5, 0.6) is 0 Å². The van der Waals surface area contributed by atoms with E-state index in [2.05, 4.69) is 26.2 Å². The van der Waals surface area contributed by atoms with Crippen LogP contribution in [0.2, 0.25) is 0 Å². The number of fused-ring (bicyclic) bond motifs is 1. The molecule has 20 heavy (non-hydrogen) atoms. The number of hydrogen-bond donors (Lipinski definition) is 2. The number of nitrogen functional groups attached to an aromatic ring is 1. The van der Waals surface area contributed by atoms with Gasteiger partial charge in [-0.15, -0.1) is 11.3 Å². The third-order valence-corrected chi connectivity index (χ3v) is 5.12. The zero-order valence-corrected chi connectivity index (χ0v) is 13.2. The lowest BCUT2D eigenvalue weighted by molar-refractivity contribution is 0.102. The minimum absolute atomic E-state index is 0.171. The zero-order chi connectivity index (χ0) is 14.1. The average Bonchev–Trinajstić information content (AvgIpc) is 2.83. The molecular formula is C14H14BrN3OS. The number of nitrogens with zero attached hydrogens (tertiary/aromatic N) is 1. The molecule has 0 spiro atoms. The summed E-state index contributed by atoms with van der Waals surface area (Å²) in [7, 11) is 0. The molecule has 1 aliphatic rings. The number of nitrogens with two attached hydrogens (primary N) is 1. The summed E-state index contributed by atoms with van der Waals surface area (Å²) in [6.45, 7) is 0. The maximum atomic E-state index is 12.2. The quantitative estimate of drug-likeness (QED) is 0.812. The van der Waals surface area contributed by atoms with Crippen LogP contribution in [0.25, 0.3) is 0 Å². The molecule has 4 nitrogen and oxygen atoms in total. The highest BCUT2D eigenvalue weighted by Crippen LogP contribution is 2.30. The Morgan fingerprint density at radius 2 is 2.15 bits per heavy atom. The Morgan fingerprint density at radius 3 is 2.90 bits per heavy atom. The lowest BCUT2D eigenvalue weighted by atomic mass is 10.0. The second kappa shape index (κ2) is 5.54. The van der Waals surface area contributed by atoms with Gasteiger partial charge >= 0.3 is 0 Å². The van der Waals surface area contributed by atoms with E-state index in [1.807, 2.05) is 0 Å². The molecule has 3 rings (SSSR count). The van der Waals surface area contributed by atoms with Crippen molar-refractivity contribution in [2.45, 2.75) is 25.7 Å². The fourth-order valence-corrected chi connectivity index (χ4v) is 3.55. The van der Waals surface area contributed by atoms with E-state index in [0.717, 1.165) is 23.0 Å². The van der Waals surface area contributed by atoms with Crippen molar-refractivity contribution < 1.29 is 4.79 Å². The zero-order valence-electron chi connectivity index (χ0n) is 10.8. The van der Waals surface area contributed by atoms with Gasteiger partial charge < -0.3 is 5.73 Å². The molecule has 0 fully saturated rings. The van der Waals surface area contributed by atoms with Crippen LogP contribution < -0.4 is 11.1 Å². The van der Waals surface area contributed by atoms with E-state index >= 15 is 0 Å². The maximum Gasteiger partial charge on any atom is 0.257 e. The average molecular weight is 352 g/mol. The van der Waals surface area contributed by atoms with E-state index in [9.17, 15) is 4.79 Å². The first-order chi connectivity index (χ1) is 9.63. The number of benzene rings is 1. The van der Waals surface area contributed by atoms with E-state index in [1.54, 1.807) is 29.5 Å². The fraction of sp³-hybridized carbons (Fsp3) is 0.286. The molecule has 6 heteroatoms. The number of carbonyl (C=O) groups is 1. The normalized spacial score (nSPS) is 13.8. The van der Waals surface area contributed by atoms with Crippen LogP contribution in [0, 0.1) is 0 Å². The first-order valence-electron chi connectivity index (χ1n) is 6.48. The molecule has 0 radical (unpaired) electrons. The van der Waals surface area contributed by atoms with E-state index in [4.69, 9.17) is 5.73 Å². The number of hydrogen-bond acceptors (Lipinski definition) is 4. The minimum Gasteiger partial charge on any atom is -0.398 e. The molecule has 104 valence electrons. The topological polar surface area (TPSA) is 68.0 Å². The Hall–Kier alpha value is -1.40. The number of halogens is 1. The first-order valence-corrected chi connectivity index (χ1v) is 8.09. The summed E-state index contributed by atoms with van der Waals surface area (Å²) in [6.07, 6.45) is 4.50. The fourth-order valence-electron chi connectivity index (χ4n) is 2.26. The van der Waals surface area contributed by atoms with Crippen LogP contribution in [-0.4, -0.2) is 10.9 Å². The molecular weight excluding hydrogens is 338 g/mol. The lowest BCUT2D eigenvalue weighted by Crippen LogP contribution is -2.12. The van der Waals surface area contributed by atoms with Crippen LogP contribution in [0.4, 0.5) is 10.8 Å². The van der Waals surface area contributed by atoms with Gasteiger partial charge in [0.15, 0.2) is 5.13 Å². The van der Waals surface area contributed by atoms with Crippen molar-refractivity contribution in [3.63, 3.8) is 0 Å². The van der Waals surface area contributed by atoms with E-state index in [-0.39, 0.29) is 5.91 Å². The number of amides is 1. The van der Waals surface area contributed by atoms with Crippen molar-refractivity contribution >= 4 is 44.0 Å². The standard InChI is InChI=1S/C14H14BrN3OS/c15-9-6-5-8(7-10(9)16)13(19)18-14-17-11-3-1-2-4-12(11)20-14/h5-7H,1-4,16H2,(H,17,18,19). The predicted molar refractivity (Wildman–Crippen MR) is 85.3 cm³/mol. The Kier molecular flexibility index (Phi) is 3.76. The van der Waals surface area contributed by atoms with Crippen molar-refractivity contribution in [3.05, 3.63) is 38.8 Å². The van der Waals surface area contributed by atoms with Crippen molar-refractivity contribution in [1.82, 2.24) is 4.98 Å². The summed E-state index contributed by atoms with van der Waals surface area (Å²) < 4.78 is 0.791. The van der Waals surface area contributed by atoms with Gasteiger partial charge in [-0.3, -0.25) is 10.1 Å². The predicted octanol–water partition coefficient (Wildman–Crippen LogP) is 3.62. The molecule has 1 amide bonds. The summed E-state index contributed by atoms with van der Waals surface area (Å²) >= 11 is 4.90. The van der Waals surface area contributed by atoms with Gasteiger partial charge in [-0.1, -0.05) is 0 Å². The van der Waals surface area contributed by atoms with Gasteiger partial charge in [0.25, 0.3) is 5.91 Å². The number of carbonyl (C=O) groups excluding carboxylic acids is 1. The van der Waals surface area contributed by atoms with Crippen molar-refractivity contribution in [3.8, 4) is 0 Å². The summed E-state index contributed by atoms with van der Waals surface area (Å²) in [5, 5.41) is 3.54. The number of nitrogens with one attached hydrogen (secondary N) is 1. The van der Waals surface area contributed by atoms with Crippen molar-refractivity contribution in [2.75, 3.05) is 11.1 Å². The van der Waals surface area contributed by atoms with E-state index in [0.29, 0.717) is 16.4 Å². The molecule has 0 bridgehead atoms. The number of rotatable bonds is 2. The van der Waals surface area contributed by atoms with Gasteiger partial charge in [-0.05, 0) is 59.8 Å². The number of thiazole rings is 1. The smallest absolute Gasteiger partial charge is 0.257 e. The summed E-state index contributed by atoms with van der Waals surface area (Å²) in [4.78, 5) is 18.0. The number of anilines is 2. The van der Waals surface area contributed by atoms with Gasteiger partial charge in [-0.2, -0.15) is 0 Å². The Bertz CT molecular complexity index is 645. The lowest BCUT2D eigenvalue weighted by Gasteiger charge is -2.06. The molecule has 3 N–H and O–H groups in total.